The second-order valence-corrected chi connectivity index (χ2v) is 6.76. The van der Waals surface area contributed by atoms with E-state index in [0.29, 0.717) is 5.69 Å². The maximum Gasteiger partial charge on any atom is 0.272 e. The van der Waals surface area contributed by atoms with E-state index < -0.39 is 0 Å². The predicted octanol–water partition coefficient (Wildman–Crippen LogP) is 2.37. The fourth-order valence-corrected chi connectivity index (χ4v) is 3.37. The van der Waals surface area contributed by atoms with Crippen LogP contribution < -0.4 is 0 Å². The van der Waals surface area contributed by atoms with Crippen LogP contribution in [0.1, 0.15) is 35.1 Å². The van der Waals surface area contributed by atoms with Gasteiger partial charge in [-0.1, -0.05) is 43.7 Å². The third kappa shape index (κ3) is 4.48. The lowest BCUT2D eigenvalue weighted by Gasteiger charge is -2.34. The minimum Gasteiger partial charge on any atom is -0.335 e. The molecule has 0 aliphatic carbocycles. The molecule has 1 aromatic carbocycles. The summed E-state index contributed by atoms with van der Waals surface area (Å²) in [6, 6.07) is 12.5. The molecular weight excluding hydrogens is 312 g/mol. The first-order valence-electron chi connectivity index (χ1n) is 9.26. The van der Waals surface area contributed by atoms with Crippen LogP contribution in [0.2, 0.25) is 0 Å². The molecule has 1 fully saturated rings. The highest BCUT2D eigenvalue weighted by Gasteiger charge is 2.24. The van der Waals surface area contributed by atoms with Crippen LogP contribution in [0, 0.1) is 0 Å². The monoisotopic (exact) mass is 340 g/mol. The number of benzene rings is 1. The van der Waals surface area contributed by atoms with Crippen LogP contribution in [0.15, 0.2) is 36.4 Å². The van der Waals surface area contributed by atoms with Gasteiger partial charge in [-0.25, -0.2) is 0 Å². The van der Waals surface area contributed by atoms with Gasteiger partial charge in [0.25, 0.3) is 5.91 Å². The molecule has 5 nitrogen and oxygen atoms in total. The van der Waals surface area contributed by atoms with Crippen LogP contribution in [-0.4, -0.2) is 58.2 Å². The van der Waals surface area contributed by atoms with Gasteiger partial charge >= 0.3 is 0 Å². The van der Waals surface area contributed by atoms with Gasteiger partial charge in [0.1, 0.15) is 5.69 Å². The molecule has 5 heteroatoms. The largest absolute Gasteiger partial charge is 0.335 e. The summed E-state index contributed by atoms with van der Waals surface area (Å²) in [5.74, 6) is 0.111. The summed E-state index contributed by atoms with van der Waals surface area (Å²) in [6.45, 7) is 6.66. The van der Waals surface area contributed by atoms with Crippen LogP contribution in [0.25, 0.3) is 0 Å². The van der Waals surface area contributed by atoms with Gasteiger partial charge < -0.3 is 4.90 Å². The van der Waals surface area contributed by atoms with Crippen molar-refractivity contribution >= 4 is 5.91 Å². The van der Waals surface area contributed by atoms with E-state index in [0.717, 1.165) is 57.7 Å². The van der Waals surface area contributed by atoms with Crippen LogP contribution in [0.4, 0.5) is 0 Å². The Morgan fingerprint density at radius 2 is 1.80 bits per heavy atom. The Balaban J connectivity index is 1.50. The van der Waals surface area contributed by atoms with E-state index in [1.54, 1.807) is 4.68 Å². The molecule has 2 aromatic rings. The fourth-order valence-electron chi connectivity index (χ4n) is 3.37. The molecule has 0 saturated carbocycles. The fraction of sp³-hybridized carbons (Fsp3) is 0.500. The molecule has 1 amide bonds. The summed E-state index contributed by atoms with van der Waals surface area (Å²) in [7, 11) is 1.86. The van der Waals surface area contributed by atoms with Crippen molar-refractivity contribution in [2.75, 3.05) is 32.7 Å². The normalized spacial score (nSPS) is 15.5. The molecule has 25 heavy (non-hydrogen) atoms. The molecule has 0 radical (unpaired) electrons. The average Bonchev–Trinajstić information content (AvgIpc) is 3.01. The van der Waals surface area contributed by atoms with Gasteiger partial charge in [0.05, 0.1) is 5.69 Å². The molecule has 1 aromatic heterocycles. The third-order valence-corrected chi connectivity index (χ3v) is 4.87. The smallest absolute Gasteiger partial charge is 0.272 e. The van der Waals surface area contributed by atoms with Crippen LogP contribution >= 0.6 is 0 Å². The van der Waals surface area contributed by atoms with Crippen molar-refractivity contribution in [1.82, 2.24) is 19.6 Å². The van der Waals surface area contributed by atoms with Gasteiger partial charge in [-0.2, -0.15) is 5.10 Å². The quantitative estimate of drug-likeness (QED) is 0.811. The number of piperazine rings is 1. The van der Waals surface area contributed by atoms with Gasteiger partial charge in [-0.3, -0.25) is 14.4 Å². The van der Waals surface area contributed by atoms with Crippen molar-refractivity contribution in [3.8, 4) is 0 Å². The highest BCUT2D eigenvalue weighted by Crippen LogP contribution is 2.12. The number of amides is 1. The lowest BCUT2D eigenvalue weighted by molar-refractivity contribution is 0.0627. The molecule has 1 saturated heterocycles. The van der Waals surface area contributed by atoms with E-state index in [9.17, 15) is 4.79 Å². The summed E-state index contributed by atoms with van der Waals surface area (Å²) < 4.78 is 1.73. The molecule has 0 unspecified atom stereocenters. The third-order valence-electron chi connectivity index (χ3n) is 4.87. The molecule has 134 valence electrons. The van der Waals surface area contributed by atoms with Crippen molar-refractivity contribution in [2.45, 2.75) is 26.2 Å². The molecule has 1 aliphatic rings. The van der Waals surface area contributed by atoms with E-state index in [-0.39, 0.29) is 5.91 Å². The lowest BCUT2D eigenvalue weighted by Crippen LogP contribution is -2.49. The number of carbonyl (C=O) groups is 1. The molecule has 0 N–H and O–H groups in total. The summed E-state index contributed by atoms with van der Waals surface area (Å²) in [5, 5.41) is 4.45. The van der Waals surface area contributed by atoms with E-state index in [1.807, 2.05) is 18.0 Å². The maximum atomic E-state index is 12.8. The van der Waals surface area contributed by atoms with Crippen LogP contribution in [-0.2, 0) is 19.9 Å². The number of hydrogen-bond donors (Lipinski definition) is 0. The Labute approximate surface area is 150 Å². The number of hydrogen-bond acceptors (Lipinski definition) is 3. The minimum atomic E-state index is 0.111. The number of nitrogens with zero attached hydrogens (tertiary/aromatic N) is 4. The van der Waals surface area contributed by atoms with Crippen molar-refractivity contribution in [3.05, 3.63) is 53.3 Å². The molecular formula is C20H28N4O. The Kier molecular flexibility index (Phi) is 5.87. The standard InChI is InChI=1S/C20H28N4O/c1-3-7-18-16-19(22(2)21-18)20(25)24-14-12-23(13-15-24)11-10-17-8-5-4-6-9-17/h4-6,8-9,16H,3,7,10-15H2,1-2H3. The van der Waals surface area contributed by atoms with E-state index in [4.69, 9.17) is 0 Å². The Morgan fingerprint density at radius 3 is 2.48 bits per heavy atom. The molecule has 0 bridgehead atoms. The first kappa shape index (κ1) is 17.7. The zero-order chi connectivity index (χ0) is 17.6. The summed E-state index contributed by atoms with van der Waals surface area (Å²) in [4.78, 5) is 17.2. The van der Waals surface area contributed by atoms with Crippen molar-refractivity contribution < 1.29 is 4.79 Å². The highest BCUT2D eigenvalue weighted by atomic mass is 16.2. The summed E-state index contributed by atoms with van der Waals surface area (Å²) >= 11 is 0. The van der Waals surface area contributed by atoms with E-state index >= 15 is 0 Å². The number of aromatic nitrogens is 2. The molecule has 1 aliphatic heterocycles. The molecule has 2 heterocycles. The first-order valence-corrected chi connectivity index (χ1v) is 9.26. The zero-order valence-electron chi connectivity index (χ0n) is 15.3. The van der Waals surface area contributed by atoms with Gasteiger partial charge in [-0.15, -0.1) is 0 Å². The maximum absolute atomic E-state index is 12.8. The first-order chi connectivity index (χ1) is 12.2. The molecule has 0 atom stereocenters. The number of aryl methyl sites for hydroxylation is 2. The van der Waals surface area contributed by atoms with Gasteiger partial charge in [-0.05, 0) is 24.5 Å². The van der Waals surface area contributed by atoms with Crippen molar-refractivity contribution in [1.29, 1.82) is 0 Å². The lowest BCUT2D eigenvalue weighted by atomic mass is 10.1. The van der Waals surface area contributed by atoms with E-state index in [1.165, 1.54) is 5.56 Å². The van der Waals surface area contributed by atoms with Crippen molar-refractivity contribution in [3.63, 3.8) is 0 Å². The Bertz CT molecular complexity index is 687. The topological polar surface area (TPSA) is 41.4 Å². The molecule has 3 rings (SSSR count). The van der Waals surface area contributed by atoms with Crippen molar-refractivity contribution in [2.24, 2.45) is 7.05 Å². The Morgan fingerprint density at radius 1 is 1.08 bits per heavy atom. The number of carbonyl (C=O) groups excluding carboxylic acids is 1. The van der Waals surface area contributed by atoms with Gasteiger partial charge in [0.15, 0.2) is 0 Å². The van der Waals surface area contributed by atoms with E-state index in [2.05, 4.69) is 47.3 Å². The summed E-state index contributed by atoms with van der Waals surface area (Å²) in [5.41, 5.74) is 3.09. The summed E-state index contributed by atoms with van der Waals surface area (Å²) in [6.07, 6.45) is 3.04. The van der Waals surface area contributed by atoms with Crippen LogP contribution in [0.5, 0.6) is 0 Å². The second-order valence-electron chi connectivity index (χ2n) is 6.76. The predicted molar refractivity (Wildman–Crippen MR) is 99.7 cm³/mol. The van der Waals surface area contributed by atoms with Gasteiger partial charge in [0.2, 0.25) is 0 Å². The van der Waals surface area contributed by atoms with Gasteiger partial charge in [0, 0.05) is 39.8 Å². The second kappa shape index (κ2) is 8.30. The highest BCUT2D eigenvalue weighted by molar-refractivity contribution is 5.92. The Hall–Kier alpha value is -2.14. The minimum absolute atomic E-state index is 0.111. The van der Waals surface area contributed by atoms with Crippen LogP contribution in [0.3, 0.4) is 0 Å². The number of rotatable bonds is 6. The zero-order valence-corrected chi connectivity index (χ0v) is 15.3. The average molecular weight is 340 g/mol. The molecule has 0 spiro atoms. The SMILES string of the molecule is CCCc1cc(C(=O)N2CCN(CCc3ccccc3)CC2)n(C)n1.